The lowest BCUT2D eigenvalue weighted by molar-refractivity contribution is 0.108. The van der Waals surface area contributed by atoms with Gasteiger partial charge in [-0.1, -0.05) is 12.1 Å². The van der Waals surface area contributed by atoms with Gasteiger partial charge in [0.15, 0.2) is 23.0 Å². The molecular formula is C29H29FN10O4. The summed E-state index contributed by atoms with van der Waals surface area (Å²) in [7, 11) is 1.59. The number of nitrogens with zero attached hydrogens (tertiary/aromatic N) is 8. The van der Waals surface area contributed by atoms with Crippen molar-refractivity contribution in [2.45, 2.75) is 32.0 Å². The second-order valence-corrected chi connectivity index (χ2v) is 10.1. The number of amides is 1. The Morgan fingerprint density at radius 1 is 1.25 bits per heavy atom. The molecule has 1 aliphatic heterocycles. The minimum Gasteiger partial charge on any atom is -0.497 e. The van der Waals surface area contributed by atoms with Crippen LogP contribution in [0.2, 0.25) is 0 Å². The molecule has 226 valence electrons. The summed E-state index contributed by atoms with van der Waals surface area (Å²) in [6.07, 6.45) is -0.743. The number of aliphatic hydroxyl groups excluding tert-OH is 1. The molecule has 1 fully saturated rings. The van der Waals surface area contributed by atoms with Crippen molar-refractivity contribution >= 4 is 34.9 Å². The fraction of sp³-hybridized carbons (Fsp3) is 0.310. The number of hydrogen-bond acceptors (Lipinski definition) is 11. The van der Waals surface area contributed by atoms with E-state index in [1.165, 1.54) is 22.8 Å². The largest absolute Gasteiger partial charge is 0.497 e. The molecule has 0 bridgehead atoms. The van der Waals surface area contributed by atoms with Crippen molar-refractivity contribution in [1.82, 2.24) is 24.9 Å². The van der Waals surface area contributed by atoms with E-state index in [2.05, 4.69) is 25.7 Å². The van der Waals surface area contributed by atoms with Gasteiger partial charge >= 0.3 is 6.09 Å². The number of rotatable bonds is 9. The summed E-state index contributed by atoms with van der Waals surface area (Å²) in [5.74, 6) is 0.356. The van der Waals surface area contributed by atoms with Crippen LogP contribution in [0.5, 0.6) is 5.75 Å². The van der Waals surface area contributed by atoms with Gasteiger partial charge in [0.25, 0.3) is 0 Å². The lowest BCUT2D eigenvalue weighted by Crippen LogP contribution is -2.54. The van der Waals surface area contributed by atoms with Crippen LogP contribution in [0.4, 0.5) is 32.3 Å². The van der Waals surface area contributed by atoms with E-state index in [0.717, 1.165) is 11.3 Å². The number of anilines is 4. The third-order valence-electron chi connectivity index (χ3n) is 7.33. The zero-order valence-electron chi connectivity index (χ0n) is 23.9. The fourth-order valence-electron chi connectivity index (χ4n) is 5.09. The summed E-state index contributed by atoms with van der Waals surface area (Å²) >= 11 is 0. The topological polar surface area (TPSA) is 188 Å². The van der Waals surface area contributed by atoms with Gasteiger partial charge in [-0.2, -0.15) is 20.0 Å². The van der Waals surface area contributed by atoms with Crippen LogP contribution in [0.25, 0.3) is 5.65 Å². The number of nitrogens with one attached hydrogen (secondary N) is 2. The predicted molar refractivity (Wildman–Crippen MR) is 157 cm³/mol. The molecule has 0 saturated carbocycles. The van der Waals surface area contributed by atoms with Gasteiger partial charge in [-0.25, -0.2) is 14.2 Å². The first kappa shape index (κ1) is 29.8. The number of fused-ring (bicyclic) bond motifs is 1. The molecule has 5 rings (SSSR count). The third-order valence-corrected chi connectivity index (χ3v) is 7.33. The summed E-state index contributed by atoms with van der Waals surface area (Å²) in [6.45, 7) is 3.08. The van der Waals surface area contributed by atoms with Crippen molar-refractivity contribution < 1.29 is 24.1 Å². The molecule has 0 spiro atoms. The average Bonchev–Trinajstić information content (AvgIpc) is 3.44. The molecule has 4 aromatic rings. The Hall–Kier alpha value is -5.67. The molecule has 2 aromatic carbocycles. The number of aromatic nitrogens is 4. The predicted octanol–water partition coefficient (Wildman–Crippen LogP) is 2.99. The molecule has 0 radical (unpaired) electrons. The van der Waals surface area contributed by atoms with E-state index in [1.54, 1.807) is 12.0 Å². The molecule has 1 amide bonds. The van der Waals surface area contributed by atoms with Crippen LogP contribution >= 0.6 is 0 Å². The third kappa shape index (κ3) is 6.08. The van der Waals surface area contributed by atoms with E-state index in [0.29, 0.717) is 24.6 Å². The SMILES string of the molecule is CCN(Cc1ccc(OC)cc1)c1nc(Nc2cc(C#N)cc(N3CC[C@@H](NC(=O)O)[C@H](O)C3)c2F)nn2c(C#N)cnc12. The number of imidazole rings is 1. The molecule has 2 atom stereocenters. The van der Waals surface area contributed by atoms with Crippen LogP contribution in [0.3, 0.4) is 0 Å². The average molecular weight is 601 g/mol. The number of methoxy groups -OCH3 is 1. The van der Waals surface area contributed by atoms with E-state index < -0.39 is 24.1 Å². The minimum absolute atomic E-state index is 0.0421. The van der Waals surface area contributed by atoms with Crippen LogP contribution in [-0.4, -0.2) is 74.8 Å². The van der Waals surface area contributed by atoms with E-state index in [1.807, 2.05) is 48.2 Å². The highest BCUT2D eigenvalue weighted by atomic mass is 19.1. The van der Waals surface area contributed by atoms with Gasteiger partial charge in [0, 0.05) is 26.2 Å². The first-order chi connectivity index (χ1) is 21.2. The number of halogens is 1. The van der Waals surface area contributed by atoms with E-state index in [-0.39, 0.29) is 48.1 Å². The highest BCUT2D eigenvalue weighted by Gasteiger charge is 2.31. The molecule has 1 aliphatic rings. The molecule has 0 unspecified atom stereocenters. The monoisotopic (exact) mass is 600 g/mol. The summed E-state index contributed by atoms with van der Waals surface area (Å²) in [5, 5.41) is 48.4. The number of ether oxygens (including phenoxy) is 1. The van der Waals surface area contributed by atoms with Crippen LogP contribution < -0.4 is 25.2 Å². The van der Waals surface area contributed by atoms with E-state index in [9.17, 15) is 20.4 Å². The molecule has 14 nitrogen and oxygen atoms in total. The molecule has 0 aliphatic carbocycles. The second-order valence-electron chi connectivity index (χ2n) is 10.1. The molecule has 2 aromatic heterocycles. The van der Waals surface area contributed by atoms with Gasteiger partial charge in [-0.05, 0) is 43.2 Å². The molecule has 4 N–H and O–H groups in total. The smallest absolute Gasteiger partial charge is 0.404 e. The number of benzene rings is 2. The lowest BCUT2D eigenvalue weighted by Gasteiger charge is -2.37. The zero-order valence-corrected chi connectivity index (χ0v) is 23.9. The second kappa shape index (κ2) is 12.7. The number of β-amino-alcohol motifs (C(OH)–C–C–N with tert-alkyl or cyclic N) is 1. The quantitative estimate of drug-likeness (QED) is 0.220. The van der Waals surface area contributed by atoms with Crippen molar-refractivity contribution in [2.24, 2.45) is 0 Å². The maximum atomic E-state index is 16.0. The highest BCUT2D eigenvalue weighted by Crippen LogP contribution is 2.32. The number of hydrogen-bond donors (Lipinski definition) is 4. The van der Waals surface area contributed by atoms with Gasteiger partial charge < -0.3 is 35.4 Å². The number of carbonyl (C=O) groups is 1. The Bertz CT molecular complexity index is 1770. The first-order valence-corrected chi connectivity index (χ1v) is 13.7. The maximum absolute atomic E-state index is 16.0. The fourth-order valence-corrected chi connectivity index (χ4v) is 5.09. The van der Waals surface area contributed by atoms with Gasteiger partial charge in [0.05, 0.1) is 48.5 Å². The Morgan fingerprint density at radius 2 is 2.02 bits per heavy atom. The number of aliphatic hydroxyl groups is 1. The summed E-state index contributed by atoms with van der Waals surface area (Å²) < 4.78 is 22.6. The van der Waals surface area contributed by atoms with Gasteiger partial charge in [-0.15, -0.1) is 5.10 Å². The molecule has 15 heteroatoms. The molecule has 44 heavy (non-hydrogen) atoms. The Morgan fingerprint density at radius 3 is 2.66 bits per heavy atom. The first-order valence-electron chi connectivity index (χ1n) is 13.7. The van der Waals surface area contributed by atoms with Crippen molar-refractivity contribution in [1.29, 1.82) is 10.5 Å². The van der Waals surface area contributed by atoms with Crippen LogP contribution in [0.1, 0.15) is 30.2 Å². The maximum Gasteiger partial charge on any atom is 0.404 e. The molecular weight excluding hydrogens is 571 g/mol. The van der Waals surface area contributed by atoms with E-state index in [4.69, 9.17) is 9.84 Å². The van der Waals surface area contributed by atoms with Gasteiger partial charge in [0.1, 0.15) is 11.8 Å². The minimum atomic E-state index is -1.26. The molecule has 1 saturated heterocycles. The number of piperidine rings is 1. The number of carboxylic acid groups (broad SMARTS) is 1. The zero-order chi connectivity index (χ0) is 31.4. The normalized spacial score (nSPS) is 16.2. The van der Waals surface area contributed by atoms with Crippen molar-refractivity contribution in [3.05, 3.63) is 65.2 Å². The Kier molecular flexibility index (Phi) is 8.59. The summed E-state index contributed by atoms with van der Waals surface area (Å²) in [5.41, 5.74) is 1.54. The Labute approximate surface area is 251 Å². The van der Waals surface area contributed by atoms with Crippen molar-refractivity contribution in [3.8, 4) is 17.9 Å². The molecule has 3 heterocycles. The highest BCUT2D eigenvalue weighted by molar-refractivity contribution is 5.71. The van der Waals surface area contributed by atoms with Crippen molar-refractivity contribution in [2.75, 3.05) is 41.9 Å². The van der Waals surface area contributed by atoms with Gasteiger partial charge in [-0.3, -0.25) is 0 Å². The standard InChI is InChI=1S/C29H29FN10O4/c1-3-38(15-17-4-6-20(44-2)7-5-17)27-26-33-14-19(13-32)40(26)37-28(36-27)34-22-10-18(12-31)11-23(25(22)30)39-9-8-21(24(41)16-39)35-29(42)43/h4-7,10-11,14,21,24,35,41H,3,8-9,15-16H2,1-2H3,(H,34,37)(H,42,43)/t21-,24-/m1/s1. The van der Waals surface area contributed by atoms with Crippen LogP contribution in [0.15, 0.2) is 42.6 Å². The van der Waals surface area contributed by atoms with Crippen LogP contribution in [0, 0.1) is 28.5 Å². The van der Waals surface area contributed by atoms with Crippen LogP contribution in [-0.2, 0) is 6.54 Å². The van der Waals surface area contributed by atoms with E-state index >= 15 is 4.39 Å². The summed E-state index contributed by atoms with van der Waals surface area (Å²) in [4.78, 5) is 23.5. The van der Waals surface area contributed by atoms with Gasteiger partial charge in [0.2, 0.25) is 5.95 Å². The summed E-state index contributed by atoms with van der Waals surface area (Å²) in [6, 6.07) is 13.6. The Balaban J connectivity index is 1.50. The lowest BCUT2D eigenvalue weighted by atomic mass is 10.0. The number of nitriles is 2. The van der Waals surface area contributed by atoms with Crippen molar-refractivity contribution in [3.63, 3.8) is 0 Å².